The van der Waals surface area contributed by atoms with Crippen LogP contribution in [0.1, 0.15) is 19.8 Å². The molecular formula is C14H29NO5. The summed E-state index contributed by atoms with van der Waals surface area (Å²) in [5.74, 6) is 0.473. The highest BCUT2D eigenvalue weighted by Crippen LogP contribution is 2.20. The largest absolute Gasteiger partial charge is 0.378 e. The SMILES string of the molecule is CC1CCCOC1OCCOCCOCCOCCN. The van der Waals surface area contributed by atoms with Crippen LogP contribution in [0.3, 0.4) is 0 Å². The van der Waals surface area contributed by atoms with Crippen LogP contribution in [0.2, 0.25) is 0 Å². The molecule has 1 aliphatic rings. The van der Waals surface area contributed by atoms with E-state index in [0.717, 1.165) is 13.0 Å². The Morgan fingerprint density at radius 2 is 1.55 bits per heavy atom. The van der Waals surface area contributed by atoms with Crippen LogP contribution in [-0.2, 0) is 23.7 Å². The first-order chi connectivity index (χ1) is 9.84. The van der Waals surface area contributed by atoms with Gasteiger partial charge in [0, 0.05) is 19.1 Å². The molecule has 2 N–H and O–H groups in total. The van der Waals surface area contributed by atoms with E-state index in [1.165, 1.54) is 6.42 Å². The average Bonchev–Trinajstić information content (AvgIpc) is 2.46. The topological polar surface area (TPSA) is 72.2 Å². The number of hydrogen-bond donors (Lipinski definition) is 1. The first kappa shape index (κ1) is 17.8. The summed E-state index contributed by atoms with van der Waals surface area (Å²) in [5.41, 5.74) is 5.29. The highest BCUT2D eigenvalue weighted by atomic mass is 16.7. The third kappa shape index (κ3) is 8.84. The van der Waals surface area contributed by atoms with E-state index < -0.39 is 0 Å². The smallest absolute Gasteiger partial charge is 0.160 e. The van der Waals surface area contributed by atoms with Crippen molar-refractivity contribution >= 4 is 0 Å². The average molecular weight is 291 g/mol. The normalized spacial score (nSPS) is 23.1. The lowest BCUT2D eigenvalue weighted by Crippen LogP contribution is -2.31. The third-order valence-electron chi connectivity index (χ3n) is 3.07. The molecule has 6 heteroatoms. The first-order valence-electron chi connectivity index (χ1n) is 7.51. The van der Waals surface area contributed by atoms with E-state index in [9.17, 15) is 0 Å². The molecule has 1 fully saturated rings. The Morgan fingerprint density at radius 1 is 0.950 bits per heavy atom. The van der Waals surface area contributed by atoms with Crippen LogP contribution in [0.4, 0.5) is 0 Å². The third-order valence-corrected chi connectivity index (χ3v) is 3.07. The maximum absolute atomic E-state index is 5.65. The van der Waals surface area contributed by atoms with Crippen LogP contribution in [-0.4, -0.2) is 65.7 Å². The van der Waals surface area contributed by atoms with Gasteiger partial charge in [-0.3, -0.25) is 0 Å². The number of ether oxygens (including phenoxy) is 5. The zero-order chi connectivity index (χ0) is 14.5. The van der Waals surface area contributed by atoms with Crippen LogP contribution in [0, 0.1) is 5.92 Å². The fourth-order valence-corrected chi connectivity index (χ4v) is 1.97. The minimum atomic E-state index is -0.0664. The second-order valence-electron chi connectivity index (χ2n) is 4.86. The van der Waals surface area contributed by atoms with Crippen molar-refractivity contribution in [3.05, 3.63) is 0 Å². The Kier molecular flexibility index (Phi) is 11.1. The van der Waals surface area contributed by atoms with Gasteiger partial charge >= 0.3 is 0 Å². The minimum Gasteiger partial charge on any atom is -0.378 e. The maximum Gasteiger partial charge on any atom is 0.160 e. The summed E-state index contributed by atoms with van der Waals surface area (Å²) in [6.45, 7) is 7.52. The highest BCUT2D eigenvalue weighted by molar-refractivity contribution is 4.62. The van der Waals surface area contributed by atoms with Crippen molar-refractivity contribution in [1.29, 1.82) is 0 Å². The van der Waals surface area contributed by atoms with E-state index >= 15 is 0 Å². The molecule has 2 atom stereocenters. The maximum atomic E-state index is 5.65. The molecule has 0 radical (unpaired) electrons. The molecule has 0 spiro atoms. The Labute approximate surface area is 121 Å². The summed E-state index contributed by atoms with van der Waals surface area (Å²) in [6, 6.07) is 0. The van der Waals surface area contributed by atoms with Gasteiger partial charge in [-0.1, -0.05) is 6.92 Å². The molecule has 0 aromatic heterocycles. The number of nitrogens with two attached hydrogens (primary N) is 1. The molecule has 0 saturated carbocycles. The summed E-state index contributed by atoms with van der Waals surface area (Å²) in [7, 11) is 0. The van der Waals surface area contributed by atoms with E-state index in [4.69, 9.17) is 29.4 Å². The van der Waals surface area contributed by atoms with Crippen LogP contribution in [0.5, 0.6) is 0 Å². The van der Waals surface area contributed by atoms with Crippen molar-refractivity contribution < 1.29 is 23.7 Å². The van der Waals surface area contributed by atoms with Crippen molar-refractivity contribution in [2.45, 2.75) is 26.1 Å². The Morgan fingerprint density at radius 3 is 2.15 bits per heavy atom. The lowest BCUT2D eigenvalue weighted by Gasteiger charge is -2.28. The molecule has 0 amide bonds. The molecule has 1 rings (SSSR count). The molecular weight excluding hydrogens is 262 g/mol. The van der Waals surface area contributed by atoms with Crippen molar-refractivity contribution in [2.24, 2.45) is 11.7 Å². The quantitative estimate of drug-likeness (QED) is 0.536. The molecule has 1 aliphatic heterocycles. The predicted molar refractivity (Wildman–Crippen MR) is 75.6 cm³/mol. The summed E-state index contributed by atoms with van der Waals surface area (Å²) in [6.07, 6.45) is 2.23. The van der Waals surface area contributed by atoms with Crippen molar-refractivity contribution in [2.75, 3.05) is 59.4 Å². The van der Waals surface area contributed by atoms with Gasteiger partial charge in [0.05, 0.1) is 46.2 Å². The van der Waals surface area contributed by atoms with E-state index in [1.54, 1.807) is 0 Å². The van der Waals surface area contributed by atoms with Gasteiger partial charge in [0.15, 0.2) is 6.29 Å². The zero-order valence-corrected chi connectivity index (χ0v) is 12.6. The fourth-order valence-electron chi connectivity index (χ4n) is 1.97. The molecule has 1 heterocycles. The fraction of sp³-hybridized carbons (Fsp3) is 1.00. The van der Waals surface area contributed by atoms with Crippen LogP contribution >= 0.6 is 0 Å². The molecule has 0 bridgehead atoms. The number of rotatable bonds is 12. The van der Waals surface area contributed by atoms with Crippen molar-refractivity contribution in [3.63, 3.8) is 0 Å². The number of hydrogen-bond acceptors (Lipinski definition) is 6. The van der Waals surface area contributed by atoms with Crippen molar-refractivity contribution in [1.82, 2.24) is 0 Å². The second kappa shape index (κ2) is 12.5. The minimum absolute atomic E-state index is 0.0664. The molecule has 120 valence electrons. The molecule has 0 aromatic rings. The zero-order valence-electron chi connectivity index (χ0n) is 12.6. The molecule has 0 aromatic carbocycles. The summed E-state index contributed by atoms with van der Waals surface area (Å²) in [4.78, 5) is 0. The van der Waals surface area contributed by atoms with E-state index in [1.807, 2.05) is 0 Å². The van der Waals surface area contributed by atoms with Gasteiger partial charge in [-0.05, 0) is 12.8 Å². The van der Waals surface area contributed by atoms with Crippen LogP contribution in [0.25, 0.3) is 0 Å². The Hall–Kier alpha value is -0.240. The van der Waals surface area contributed by atoms with E-state index in [-0.39, 0.29) is 6.29 Å². The molecule has 1 saturated heterocycles. The first-order valence-corrected chi connectivity index (χ1v) is 7.51. The lowest BCUT2D eigenvalue weighted by molar-refractivity contribution is -0.194. The second-order valence-corrected chi connectivity index (χ2v) is 4.86. The van der Waals surface area contributed by atoms with Crippen molar-refractivity contribution in [3.8, 4) is 0 Å². The molecule has 6 nitrogen and oxygen atoms in total. The van der Waals surface area contributed by atoms with E-state index in [2.05, 4.69) is 6.92 Å². The standard InChI is InChI=1S/C14H29NO5/c1-13-3-2-5-19-14(13)20-12-11-18-10-9-17-8-7-16-6-4-15/h13-14H,2-12,15H2,1H3. The Bertz CT molecular complexity index is 218. The Balaban J connectivity index is 1.78. The summed E-state index contributed by atoms with van der Waals surface area (Å²) in [5, 5.41) is 0. The van der Waals surface area contributed by atoms with Gasteiger partial charge in [0.1, 0.15) is 0 Å². The lowest BCUT2D eigenvalue weighted by atomic mass is 10.0. The van der Waals surface area contributed by atoms with Gasteiger partial charge in [-0.25, -0.2) is 0 Å². The van der Waals surface area contributed by atoms with Gasteiger partial charge in [0.2, 0.25) is 0 Å². The highest BCUT2D eigenvalue weighted by Gasteiger charge is 2.22. The molecule has 2 unspecified atom stereocenters. The van der Waals surface area contributed by atoms with Crippen LogP contribution < -0.4 is 5.73 Å². The van der Waals surface area contributed by atoms with Gasteiger partial charge in [-0.15, -0.1) is 0 Å². The van der Waals surface area contributed by atoms with Gasteiger partial charge in [0.25, 0.3) is 0 Å². The summed E-state index contributed by atoms with van der Waals surface area (Å²) < 4.78 is 27.1. The predicted octanol–water partition coefficient (Wildman–Crippen LogP) is 0.784. The summed E-state index contributed by atoms with van der Waals surface area (Å²) >= 11 is 0. The van der Waals surface area contributed by atoms with Crippen LogP contribution in [0.15, 0.2) is 0 Å². The molecule has 0 aliphatic carbocycles. The van der Waals surface area contributed by atoms with Gasteiger partial charge < -0.3 is 29.4 Å². The van der Waals surface area contributed by atoms with Gasteiger partial charge in [-0.2, -0.15) is 0 Å². The molecule has 20 heavy (non-hydrogen) atoms. The monoisotopic (exact) mass is 291 g/mol. The van der Waals surface area contributed by atoms with E-state index in [0.29, 0.717) is 58.7 Å².